The van der Waals surface area contributed by atoms with Crippen LogP contribution in [0.5, 0.6) is 0 Å². The Bertz CT molecular complexity index is 536. The first kappa shape index (κ1) is 11.4. The highest BCUT2D eigenvalue weighted by Gasteiger charge is 2.05. The van der Waals surface area contributed by atoms with Gasteiger partial charge in [-0.15, -0.1) is 0 Å². The van der Waals surface area contributed by atoms with E-state index < -0.39 is 6.09 Å². The number of nitrogens with one attached hydrogen (secondary N) is 2. The van der Waals surface area contributed by atoms with Crippen LogP contribution in [0.1, 0.15) is 5.56 Å². The molecule has 0 radical (unpaired) electrons. The van der Waals surface area contributed by atoms with Crippen molar-refractivity contribution in [1.82, 2.24) is 10.3 Å². The van der Waals surface area contributed by atoms with Gasteiger partial charge in [0.05, 0.1) is 7.11 Å². The van der Waals surface area contributed by atoms with Crippen LogP contribution in [0.3, 0.4) is 0 Å². The zero-order chi connectivity index (χ0) is 12.3. The summed E-state index contributed by atoms with van der Waals surface area (Å²) >= 11 is 0. The summed E-state index contributed by atoms with van der Waals surface area (Å²) in [6.45, 7) is 0.455. The van der Waals surface area contributed by atoms with Crippen LogP contribution in [-0.2, 0) is 11.2 Å². The number of methoxy groups -OCH3 is 1. The van der Waals surface area contributed by atoms with Crippen LogP contribution < -0.4 is 5.32 Å². The number of hydrogen-bond acceptors (Lipinski definition) is 2. The lowest BCUT2D eigenvalue weighted by Crippen LogP contribution is -2.25. The zero-order valence-corrected chi connectivity index (χ0v) is 9.42. The monoisotopic (exact) mass is 236 g/mol. The second-order valence-corrected chi connectivity index (χ2v) is 3.67. The van der Waals surface area contributed by atoms with Gasteiger partial charge in [0.25, 0.3) is 0 Å². The van der Waals surface area contributed by atoms with Gasteiger partial charge in [0.15, 0.2) is 0 Å². The quantitative estimate of drug-likeness (QED) is 0.858. The Labute approximate surface area is 97.8 Å². The molecular weight excluding hydrogens is 223 g/mol. The number of aromatic amines is 1. The van der Waals surface area contributed by atoms with Crippen LogP contribution in [0.4, 0.5) is 9.18 Å². The van der Waals surface area contributed by atoms with E-state index >= 15 is 0 Å². The molecule has 1 heterocycles. The third kappa shape index (κ3) is 2.55. The average Bonchev–Trinajstić information content (AvgIpc) is 2.72. The van der Waals surface area contributed by atoms with Crippen molar-refractivity contribution in [3.63, 3.8) is 0 Å². The third-order valence-electron chi connectivity index (χ3n) is 2.58. The molecule has 1 aromatic heterocycles. The maximum atomic E-state index is 13.1. The summed E-state index contributed by atoms with van der Waals surface area (Å²) in [6, 6.07) is 4.59. The average molecular weight is 236 g/mol. The van der Waals surface area contributed by atoms with Crippen molar-refractivity contribution < 1.29 is 13.9 Å². The molecule has 0 aliphatic heterocycles. The molecule has 0 aliphatic rings. The number of fused-ring (bicyclic) bond motifs is 1. The van der Waals surface area contributed by atoms with Crippen LogP contribution >= 0.6 is 0 Å². The first-order valence-electron chi connectivity index (χ1n) is 5.28. The number of rotatable bonds is 3. The lowest BCUT2D eigenvalue weighted by atomic mass is 10.1. The van der Waals surface area contributed by atoms with Crippen molar-refractivity contribution in [2.24, 2.45) is 0 Å². The molecule has 0 saturated carbocycles. The Hall–Kier alpha value is -2.04. The number of hydrogen-bond donors (Lipinski definition) is 2. The molecule has 2 N–H and O–H groups in total. The summed E-state index contributed by atoms with van der Waals surface area (Å²) in [7, 11) is 1.32. The van der Waals surface area contributed by atoms with Crippen molar-refractivity contribution in [2.75, 3.05) is 13.7 Å². The fourth-order valence-corrected chi connectivity index (χ4v) is 1.73. The molecule has 0 unspecified atom stereocenters. The minimum atomic E-state index is -0.462. The molecule has 90 valence electrons. The molecule has 0 atom stereocenters. The fraction of sp³-hybridized carbons (Fsp3) is 0.250. The van der Waals surface area contributed by atoms with Crippen LogP contribution in [0.2, 0.25) is 0 Å². The molecule has 0 spiro atoms. The van der Waals surface area contributed by atoms with Gasteiger partial charge in [-0.3, -0.25) is 0 Å². The minimum absolute atomic E-state index is 0.265. The van der Waals surface area contributed by atoms with E-state index in [2.05, 4.69) is 15.0 Å². The van der Waals surface area contributed by atoms with E-state index in [-0.39, 0.29) is 5.82 Å². The predicted octanol–water partition coefficient (Wildman–Crippen LogP) is 2.21. The standard InChI is InChI=1S/C12H13FN2O2/c1-17-12(16)14-5-4-8-7-15-11-3-2-9(13)6-10(8)11/h2-3,6-7,15H,4-5H2,1H3,(H,14,16). The van der Waals surface area contributed by atoms with E-state index in [1.165, 1.54) is 19.2 Å². The number of amides is 1. The lowest BCUT2D eigenvalue weighted by Gasteiger charge is -2.02. The van der Waals surface area contributed by atoms with Gasteiger partial charge in [0.1, 0.15) is 5.82 Å². The fourth-order valence-electron chi connectivity index (χ4n) is 1.73. The molecule has 0 fully saturated rings. The molecule has 0 bridgehead atoms. The van der Waals surface area contributed by atoms with Crippen molar-refractivity contribution in [2.45, 2.75) is 6.42 Å². The van der Waals surface area contributed by atoms with Crippen molar-refractivity contribution >= 4 is 17.0 Å². The zero-order valence-electron chi connectivity index (χ0n) is 9.42. The van der Waals surface area contributed by atoms with E-state index in [0.717, 1.165) is 16.5 Å². The first-order valence-corrected chi connectivity index (χ1v) is 5.28. The second kappa shape index (κ2) is 4.86. The molecule has 4 nitrogen and oxygen atoms in total. The molecule has 2 rings (SSSR count). The first-order chi connectivity index (χ1) is 8.20. The van der Waals surface area contributed by atoms with E-state index in [0.29, 0.717) is 13.0 Å². The summed E-state index contributed by atoms with van der Waals surface area (Å²) < 4.78 is 17.6. The molecule has 0 saturated heterocycles. The van der Waals surface area contributed by atoms with Gasteiger partial charge in [0.2, 0.25) is 0 Å². The van der Waals surface area contributed by atoms with Crippen LogP contribution in [0.15, 0.2) is 24.4 Å². The smallest absolute Gasteiger partial charge is 0.406 e. The van der Waals surface area contributed by atoms with Gasteiger partial charge in [0, 0.05) is 23.6 Å². The number of carbonyl (C=O) groups is 1. The van der Waals surface area contributed by atoms with Gasteiger partial charge in [-0.1, -0.05) is 0 Å². The lowest BCUT2D eigenvalue weighted by molar-refractivity contribution is 0.171. The molecule has 1 aromatic carbocycles. The number of ether oxygens (including phenoxy) is 1. The van der Waals surface area contributed by atoms with Crippen molar-refractivity contribution in [3.05, 3.63) is 35.8 Å². The topological polar surface area (TPSA) is 54.1 Å². The third-order valence-corrected chi connectivity index (χ3v) is 2.58. The highest BCUT2D eigenvalue weighted by Crippen LogP contribution is 2.19. The van der Waals surface area contributed by atoms with E-state index in [1.807, 2.05) is 6.20 Å². The number of carbonyl (C=O) groups excluding carboxylic acids is 1. The summed E-state index contributed by atoms with van der Waals surface area (Å²) in [4.78, 5) is 13.9. The Morgan fingerprint density at radius 3 is 3.12 bits per heavy atom. The van der Waals surface area contributed by atoms with Crippen LogP contribution in [0.25, 0.3) is 10.9 Å². The Morgan fingerprint density at radius 1 is 1.53 bits per heavy atom. The van der Waals surface area contributed by atoms with E-state index in [1.54, 1.807) is 6.07 Å². The highest BCUT2D eigenvalue weighted by atomic mass is 19.1. The summed E-state index contributed by atoms with van der Waals surface area (Å²) in [5, 5.41) is 3.43. The van der Waals surface area contributed by atoms with E-state index in [4.69, 9.17) is 0 Å². The summed E-state index contributed by atoms with van der Waals surface area (Å²) in [5.74, 6) is -0.265. The second-order valence-electron chi connectivity index (χ2n) is 3.67. The molecule has 17 heavy (non-hydrogen) atoms. The molecule has 1 amide bonds. The maximum Gasteiger partial charge on any atom is 0.406 e. The molecule has 0 aliphatic carbocycles. The number of alkyl carbamates (subject to hydrolysis) is 1. The predicted molar refractivity (Wildman–Crippen MR) is 62.4 cm³/mol. The van der Waals surface area contributed by atoms with Crippen LogP contribution in [-0.4, -0.2) is 24.7 Å². The Kier molecular flexibility index (Phi) is 3.27. The van der Waals surface area contributed by atoms with E-state index in [9.17, 15) is 9.18 Å². The molecule has 5 heteroatoms. The highest BCUT2D eigenvalue weighted by molar-refractivity contribution is 5.83. The van der Waals surface area contributed by atoms with Crippen LogP contribution in [0, 0.1) is 5.82 Å². The number of H-pyrrole nitrogens is 1. The van der Waals surface area contributed by atoms with Gasteiger partial charge in [-0.05, 0) is 30.2 Å². The summed E-state index contributed by atoms with van der Waals surface area (Å²) in [5.41, 5.74) is 1.86. The molecule has 2 aromatic rings. The van der Waals surface area contributed by atoms with Crippen molar-refractivity contribution in [1.29, 1.82) is 0 Å². The number of halogens is 1. The largest absolute Gasteiger partial charge is 0.453 e. The molecular formula is C12H13FN2O2. The summed E-state index contributed by atoms with van der Waals surface area (Å²) in [6.07, 6.45) is 1.98. The minimum Gasteiger partial charge on any atom is -0.453 e. The normalized spacial score (nSPS) is 10.5. The van der Waals surface area contributed by atoms with Gasteiger partial charge in [-0.2, -0.15) is 0 Å². The van der Waals surface area contributed by atoms with Gasteiger partial charge < -0.3 is 15.0 Å². The number of benzene rings is 1. The SMILES string of the molecule is COC(=O)NCCc1c[nH]c2ccc(F)cc12. The van der Waals surface area contributed by atoms with Crippen molar-refractivity contribution in [3.8, 4) is 0 Å². The van der Waals surface area contributed by atoms with Gasteiger partial charge >= 0.3 is 6.09 Å². The Balaban J connectivity index is 2.08. The Morgan fingerprint density at radius 2 is 2.35 bits per heavy atom. The number of aromatic nitrogens is 1. The maximum absolute atomic E-state index is 13.1. The van der Waals surface area contributed by atoms with Gasteiger partial charge in [-0.25, -0.2) is 9.18 Å².